The molecule has 5 aliphatic heterocycles. The summed E-state index contributed by atoms with van der Waals surface area (Å²) in [6, 6.07) is 14.1. The summed E-state index contributed by atoms with van der Waals surface area (Å²) in [4.78, 5) is 82.7. The Balaban J connectivity index is 0.694. The van der Waals surface area contributed by atoms with E-state index >= 15 is 13.2 Å². The molecule has 3 fully saturated rings. The van der Waals surface area contributed by atoms with Crippen LogP contribution in [0, 0.1) is 5.82 Å². The SMILES string of the molecule is O=C1CCN(c2n[nH]c3cc(C4CCN(C(=O)CN5CCCN(c6ccc(-c7cc(F)c8c(c7)C(=O)N(C(C(=O)Nc7nccs7)c7ncn9c7CCC9)C8)cc6)CCC5)CC4(F)F)ccc23)C(=O)N1. The van der Waals surface area contributed by atoms with Crippen LogP contribution in [0.1, 0.15) is 76.9 Å². The number of carbonyl (C=O) groups is 5. The number of alkyl halides is 2. The molecule has 2 atom stereocenters. The number of thiazole rings is 1. The third kappa shape index (κ3) is 8.54. The molecule has 6 amide bonds. The molecule has 70 heavy (non-hydrogen) atoms. The molecule has 0 saturated carbocycles. The summed E-state index contributed by atoms with van der Waals surface area (Å²) in [5.41, 5.74) is 4.97. The number of aromatic amines is 1. The molecule has 17 nitrogen and oxygen atoms in total. The van der Waals surface area contributed by atoms with Gasteiger partial charge in [0.25, 0.3) is 17.7 Å². The van der Waals surface area contributed by atoms with Crippen molar-refractivity contribution in [3.63, 3.8) is 0 Å². The van der Waals surface area contributed by atoms with Gasteiger partial charge in [0.2, 0.25) is 11.8 Å². The monoisotopic (exact) mass is 974 g/mol. The normalized spacial score (nSPS) is 20.0. The van der Waals surface area contributed by atoms with Gasteiger partial charge in [-0.2, -0.15) is 5.10 Å². The summed E-state index contributed by atoms with van der Waals surface area (Å²) in [6.45, 7) is 3.06. The van der Waals surface area contributed by atoms with Crippen molar-refractivity contribution >= 4 is 68.5 Å². The van der Waals surface area contributed by atoms with Gasteiger partial charge in [0.1, 0.15) is 5.82 Å². The van der Waals surface area contributed by atoms with E-state index in [4.69, 9.17) is 0 Å². The molecule has 3 saturated heterocycles. The minimum Gasteiger partial charge on any atom is -0.371 e. The average molecular weight is 975 g/mol. The quantitative estimate of drug-likeness (QED) is 0.141. The topological polar surface area (TPSA) is 185 Å². The third-order valence-electron chi connectivity index (χ3n) is 14.2. The van der Waals surface area contributed by atoms with Crippen LogP contribution in [-0.4, -0.2) is 127 Å². The van der Waals surface area contributed by atoms with Crippen LogP contribution in [-0.2, 0) is 33.9 Å². The molecule has 3 aromatic heterocycles. The Hall–Kier alpha value is -7.13. The van der Waals surface area contributed by atoms with E-state index in [9.17, 15) is 24.0 Å². The lowest BCUT2D eigenvalue weighted by molar-refractivity contribution is -0.145. The molecule has 3 aromatic carbocycles. The van der Waals surface area contributed by atoms with Crippen molar-refractivity contribution in [2.24, 2.45) is 0 Å². The third-order valence-corrected chi connectivity index (χ3v) is 14.9. The van der Waals surface area contributed by atoms with Crippen LogP contribution in [0.3, 0.4) is 0 Å². The largest absolute Gasteiger partial charge is 0.371 e. The van der Waals surface area contributed by atoms with Crippen molar-refractivity contribution in [2.75, 3.05) is 67.5 Å². The molecule has 362 valence electrons. The van der Waals surface area contributed by atoms with E-state index in [1.54, 1.807) is 42.2 Å². The maximum absolute atomic E-state index is 16.0. The summed E-state index contributed by atoms with van der Waals surface area (Å²) in [7, 11) is 0. The number of benzene rings is 3. The molecule has 0 bridgehead atoms. The molecular formula is C49H49F3N12O5S. The second-order valence-electron chi connectivity index (χ2n) is 18.6. The molecule has 0 radical (unpaired) electrons. The Morgan fingerprint density at radius 3 is 2.47 bits per heavy atom. The molecule has 3 N–H and O–H groups in total. The van der Waals surface area contributed by atoms with E-state index in [1.807, 2.05) is 33.7 Å². The van der Waals surface area contributed by atoms with Crippen molar-refractivity contribution < 1.29 is 37.1 Å². The minimum atomic E-state index is -3.18. The second kappa shape index (κ2) is 18.3. The minimum absolute atomic E-state index is 0.0531. The summed E-state index contributed by atoms with van der Waals surface area (Å²) >= 11 is 1.26. The van der Waals surface area contributed by atoms with Gasteiger partial charge in [-0.3, -0.25) is 44.7 Å². The van der Waals surface area contributed by atoms with Crippen molar-refractivity contribution in [2.45, 2.75) is 69.5 Å². The number of amides is 6. The zero-order valence-corrected chi connectivity index (χ0v) is 38.8. The number of hydrogen-bond acceptors (Lipinski definition) is 11. The molecule has 2 unspecified atom stereocenters. The standard InChI is InChI=1S/C49H49F3N12O5S/c50-37-23-31(22-34-35(37)25-64(46(34)68)43(45(67)56-47-53-13-21-70-47)42-39-4-1-16-62(39)28-54-42)29-5-8-32(9-6-29)60-17-2-14-59(15-3-18-60)26-41(66)61-19-11-36(49(51,52)27-61)30-7-10-33-38(24-30)57-58-44(33)63-20-12-40(65)55-48(63)69/h5-10,13,21-24,28,36,43H,1-4,11-12,14-20,25-27H2,(H,57,58)(H,53,56,67)(H,55,65,69). The van der Waals surface area contributed by atoms with E-state index in [0.29, 0.717) is 64.9 Å². The van der Waals surface area contributed by atoms with Gasteiger partial charge < -0.3 is 19.3 Å². The summed E-state index contributed by atoms with van der Waals surface area (Å²) in [5, 5.41) is 14.9. The Kier molecular flexibility index (Phi) is 11.9. The van der Waals surface area contributed by atoms with Gasteiger partial charge in [-0.1, -0.05) is 18.2 Å². The molecule has 6 aromatic rings. The van der Waals surface area contributed by atoms with Crippen molar-refractivity contribution in [1.82, 2.24) is 44.7 Å². The highest BCUT2D eigenvalue weighted by molar-refractivity contribution is 7.13. The first-order valence-corrected chi connectivity index (χ1v) is 24.5. The zero-order chi connectivity index (χ0) is 48.3. The van der Waals surface area contributed by atoms with Gasteiger partial charge >= 0.3 is 6.03 Å². The molecule has 11 rings (SSSR count). The zero-order valence-electron chi connectivity index (χ0n) is 38.0. The number of halogens is 3. The van der Waals surface area contributed by atoms with E-state index in [2.05, 4.69) is 35.7 Å². The predicted molar refractivity (Wildman–Crippen MR) is 254 cm³/mol. The lowest BCUT2D eigenvalue weighted by atomic mass is 9.85. The number of likely N-dealkylation sites (tertiary alicyclic amines) is 1. The smallest absolute Gasteiger partial charge is 0.329 e. The predicted octanol–water partition coefficient (Wildman–Crippen LogP) is 6.30. The number of piperidine rings is 1. The number of nitrogens with zero attached hydrogens (tertiary/aromatic N) is 9. The van der Waals surface area contributed by atoms with Gasteiger partial charge in [-0.25, -0.2) is 27.9 Å². The van der Waals surface area contributed by atoms with Crippen molar-refractivity contribution in [3.05, 3.63) is 106 Å². The molecule has 5 aliphatic rings. The van der Waals surface area contributed by atoms with Gasteiger partial charge in [0.05, 0.1) is 43.1 Å². The number of rotatable bonds is 10. The number of aryl methyl sites for hydroxylation is 1. The fraction of sp³-hybridized carbons (Fsp3) is 0.388. The summed E-state index contributed by atoms with van der Waals surface area (Å²) < 4.78 is 49.7. The van der Waals surface area contributed by atoms with Gasteiger partial charge in [-0.15, -0.1) is 11.3 Å². The maximum Gasteiger partial charge on any atom is 0.329 e. The molecule has 0 aliphatic carbocycles. The number of anilines is 3. The highest BCUT2D eigenvalue weighted by Crippen LogP contribution is 2.42. The first-order valence-electron chi connectivity index (χ1n) is 23.6. The number of imide groups is 1. The number of urea groups is 1. The highest BCUT2D eigenvalue weighted by Gasteiger charge is 2.47. The Bertz CT molecular complexity index is 3020. The van der Waals surface area contributed by atoms with E-state index < -0.39 is 48.1 Å². The number of fused-ring (bicyclic) bond motifs is 3. The lowest BCUT2D eigenvalue weighted by Gasteiger charge is -2.39. The lowest BCUT2D eigenvalue weighted by Crippen LogP contribution is -2.52. The molecule has 0 spiro atoms. The number of nitrogens with one attached hydrogen (secondary N) is 3. The first kappa shape index (κ1) is 45.3. The Morgan fingerprint density at radius 1 is 0.900 bits per heavy atom. The number of aromatic nitrogens is 5. The number of H-pyrrole nitrogens is 1. The van der Waals surface area contributed by atoms with Crippen LogP contribution in [0.25, 0.3) is 22.0 Å². The summed E-state index contributed by atoms with van der Waals surface area (Å²) in [5.74, 6) is -6.10. The Morgan fingerprint density at radius 2 is 1.71 bits per heavy atom. The van der Waals surface area contributed by atoms with Gasteiger partial charge in [0.15, 0.2) is 17.0 Å². The van der Waals surface area contributed by atoms with Crippen LogP contribution in [0.5, 0.6) is 0 Å². The van der Waals surface area contributed by atoms with Crippen LogP contribution in [0.2, 0.25) is 0 Å². The number of hydrogen-bond donors (Lipinski definition) is 3. The van der Waals surface area contributed by atoms with E-state index in [-0.39, 0.29) is 62.0 Å². The fourth-order valence-corrected chi connectivity index (χ4v) is 11.2. The van der Waals surface area contributed by atoms with Crippen molar-refractivity contribution in [1.29, 1.82) is 0 Å². The average Bonchev–Trinajstić information content (AvgIpc) is 4.20. The number of carbonyl (C=O) groups excluding carboxylic acids is 5. The second-order valence-corrected chi connectivity index (χ2v) is 19.5. The van der Waals surface area contributed by atoms with E-state index in [0.717, 1.165) is 49.2 Å². The Labute approximate surface area is 403 Å². The maximum atomic E-state index is 16.0. The van der Waals surface area contributed by atoms with Crippen molar-refractivity contribution in [3.8, 4) is 11.1 Å². The van der Waals surface area contributed by atoms with Gasteiger partial charge in [-0.05, 0) is 85.2 Å². The molecular weight excluding hydrogens is 926 g/mol. The van der Waals surface area contributed by atoms with Crippen LogP contribution in [0.15, 0.2) is 72.5 Å². The first-order chi connectivity index (χ1) is 33.9. The number of imidazole rings is 1. The highest BCUT2D eigenvalue weighted by atomic mass is 32.1. The molecule has 21 heteroatoms. The van der Waals surface area contributed by atoms with Gasteiger partial charge in [0, 0.05) is 91.7 Å². The van der Waals surface area contributed by atoms with Crippen LogP contribution in [0.4, 0.5) is 34.6 Å². The van der Waals surface area contributed by atoms with E-state index in [1.165, 1.54) is 32.1 Å². The van der Waals surface area contributed by atoms with Crippen LogP contribution < -0.4 is 20.4 Å². The summed E-state index contributed by atoms with van der Waals surface area (Å²) in [6.07, 6.45) is 6.59. The van der Waals surface area contributed by atoms with Crippen LogP contribution >= 0.6 is 11.3 Å². The molecule has 8 heterocycles. The fourth-order valence-electron chi connectivity index (χ4n) is 10.7.